The Morgan fingerprint density at radius 3 is 2.84 bits per heavy atom. The lowest BCUT2D eigenvalue weighted by atomic mass is 10.2. The van der Waals surface area contributed by atoms with Gasteiger partial charge in [-0.3, -0.25) is 4.79 Å². The van der Waals surface area contributed by atoms with Gasteiger partial charge in [-0.1, -0.05) is 23.4 Å². The van der Waals surface area contributed by atoms with Crippen LogP contribution in [0.4, 0.5) is 5.69 Å². The normalized spacial score (nSPS) is 10.4. The molecular formula is C14H16N2O2S. The van der Waals surface area contributed by atoms with Gasteiger partial charge in [0, 0.05) is 11.8 Å². The summed E-state index contributed by atoms with van der Waals surface area (Å²) >= 11 is 1.51. The minimum absolute atomic E-state index is 0.00413. The van der Waals surface area contributed by atoms with Crippen LogP contribution in [0.1, 0.15) is 17.0 Å². The minimum atomic E-state index is -0.00413. The van der Waals surface area contributed by atoms with Crippen LogP contribution >= 0.6 is 11.8 Å². The number of hydrogen-bond donors (Lipinski definition) is 1. The Balaban J connectivity index is 1.77. The average molecular weight is 276 g/mol. The number of para-hydroxylation sites is 1. The molecule has 0 aliphatic carbocycles. The van der Waals surface area contributed by atoms with Crippen LogP contribution in [0.15, 0.2) is 34.9 Å². The van der Waals surface area contributed by atoms with E-state index in [9.17, 15) is 4.79 Å². The van der Waals surface area contributed by atoms with Gasteiger partial charge in [-0.15, -0.1) is 11.8 Å². The van der Waals surface area contributed by atoms with Crippen LogP contribution in [-0.4, -0.2) is 16.8 Å². The molecule has 0 aliphatic rings. The molecule has 1 aromatic heterocycles. The first-order valence-electron chi connectivity index (χ1n) is 6.00. The lowest BCUT2D eigenvalue weighted by Gasteiger charge is -2.07. The van der Waals surface area contributed by atoms with Crippen LogP contribution in [0.2, 0.25) is 0 Å². The highest BCUT2D eigenvalue weighted by molar-refractivity contribution is 7.99. The third-order valence-electron chi connectivity index (χ3n) is 2.57. The highest BCUT2D eigenvalue weighted by Gasteiger charge is 2.06. The molecule has 2 aromatic rings. The summed E-state index contributed by atoms with van der Waals surface area (Å²) in [6.45, 7) is 3.85. The average Bonchev–Trinajstić information content (AvgIpc) is 2.78. The Morgan fingerprint density at radius 2 is 2.16 bits per heavy atom. The van der Waals surface area contributed by atoms with Crippen molar-refractivity contribution in [1.82, 2.24) is 5.16 Å². The summed E-state index contributed by atoms with van der Waals surface area (Å²) in [5.41, 5.74) is 2.79. The molecule has 19 heavy (non-hydrogen) atoms. The number of carbonyl (C=O) groups is 1. The molecule has 4 nitrogen and oxygen atoms in total. The van der Waals surface area contributed by atoms with Crippen molar-refractivity contribution >= 4 is 23.4 Å². The second kappa shape index (κ2) is 6.43. The van der Waals surface area contributed by atoms with Crippen LogP contribution < -0.4 is 5.32 Å². The van der Waals surface area contributed by atoms with Crippen molar-refractivity contribution in [3.63, 3.8) is 0 Å². The lowest BCUT2D eigenvalue weighted by molar-refractivity contribution is -0.113. The van der Waals surface area contributed by atoms with E-state index in [2.05, 4.69) is 10.5 Å². The van der Waals surface area contributed by atoms with E-state index in [1.165, 1.54) is 11.8 Å². The van der Waals surface area contributed by atoms with Gasteiger partial charge in [-0.25, -0.2) is 0 Å². The Hall–Kier alpha value is -1.75. The molecule has 0 radical (unpaired) electrons. The molecule has 5 heteroatoms. The van der Waals surface area contributed by atoms with Gasteiger partial charge in [0.05, 0.1) is 17.2 Å². The van der Waals surface area contributed by atoms with Crippen molar-refractivity contribution in [1.29, 1.82) is 0 Å². The van der Waals surface area contributed by atoms with E-state index >= 15 is 0 Å². The zero-order chi connectivity index (χ0) is 13.7. The van der Waals surface area contributed by atoms with Gasteiger partial charge in [0.1, 0.15) is 5.76 Å². The fourth-order valence-corrected chi connectivity index (χ4v) is 2.32. The molecule has 100 valence electrons. The number of aryl methyl sites for hydroxylation is 2. The summed E-state index contributed by atoms with van der Waals surface area (Å²) in [5, 5.41) is 6.70. The maximum Gasteiger partial charge on any atom is 0.234 e. The van der Waals surface area contributed by atoms with Crippen LogP contribution in [0.3, 0.4) is 0 Å². The van der Waals surface area contributed by atoms with E-state index in [1.807, 2.05) is 44.2 Å². The maximum absolute atomic E-state index is 11.8. The zero-order valence-electron chi connectivity index (χ0n) is 11.0. The largest absolute Gasteiger partial charge is 0.360 e. The summed E-state index contributed by atoms with van der Waals surface area (Å²) in [5.74, 6) is 1.84. The topological polar surface area (TPSA) is 55.1 Å². The first-order valence-corrected chi connectivity index (χ1v) is 7.16. The number of anilines is 1. The fourth-order valence-electron chi connectivity index (χ4n) is 1.63. The third kappa shape index (κ3) is 4.13. The quantitative estimate of drug-likeness (QED) is 0.911. The van der Waals surface area contributed by atoms with Crippen molar-refractivity contribution in [2.24, 2.45) is 0 Å². The zero-order valence-corrected chi connectivity index (χ0v) is 11.8. The molecule has 0 saturated carbocycles. The second-order valence-electron chi connectivity index (χ2n) is 4.29. The predicted octanol–water partition coefficient (Wildman–Crippen LogP) is 3.16. The number of thioether (sulfide) groups is 1. The van der Waals surface area contributed by atoms with Gasteiger partial charge >= 0.3 is 0 Å². The first kappa shape index (κ1) is 13.7. The molecule has 0 bridgehead atoms. The van der Waals surface area contributed by atoms with Crippen LogP contribution in [-0.2, 0) is 10.5 Å². The van der Waals surface area contributed by atoms with E-state index in [4.69, 9.17) is 4.52 Å². The van der Waals surface area contributed by atoms with Crippen molar-refractivity contribution in [2.45, 2.75) is 19.6 Å². The molecule has 0 unspecified atom stereocenters. The molecule has 1 heterocycles. The molecular weight excluding hydrogens is 260 g/mol. The third-order valence-corrected chi connectivity index (χ3v) is 3.53. The number of amides is 1. The van der Waals surface area contributed by atoms with Crippen molar-refractivity contribution in [3.05, 3.63) is 47.3 Å². The van der Waals surface area contributed by atoms with Gasteiger partial charge < -0.3 is 9.84 Å². The molecule has 1 aromatic carbocycles. The molecule has 1 amide bonds. The molecule has 1 N–H and O–H groups in total. The predicted molar refractivity (Wildman–Crippen MR) is 77.2 cm³/mol. The number of rotatable bonds is 5. The monoisotopic (exact) mass is 276 g/mol. The van der Waals surface area contributed by atoms with Gasteiger partial charge in [0.2, 0.25) is 5.91 Å². The van der Waals surface area contributed by atoms with E-state index < -0.39 is 0 Å². The molecule has 0 saturated heterocycles. The smallest absolute Gasteiger partial charge is 0.234 e. The SMILES string of the molecule is Cc1cc(CSCC(=O)Nc2ccccc2C)on1. The Labute approximate surface area is 116 Å². The minimum Gasteiger partial charge on any atom is -0.360 e. The number of hydrogen-bond acceptors (Lipinski definition) is 4. The maximum atomic E-state index is 11.8. The number of nitrogens with zero attached hydrogens (tertiary/aromatic N) is 1. The standard InChI is InChI=1S/C14H16N2O2S/c1-10-5-3-4-6-13(10)15-14(17)9-19-8-12-7-11(2)16-18-12/h3-7H,8-9H2,1-2H3,(H,15,17). The van der Waals surface area contributed by atoms with Crippen LogP contribution in [0.25, 0.3) is 0 Å². The number of carbonyl (C=O) groups excluding carboxylic acids is 1. The number of aromatic nitrogens is 1. The number of nitrogens with one attached hydrogen (secondary N) is 1. The Bertz CT molecular complexity index is 566. The molecule has 2 rings (SSSR count). The van der Waals surface area contributed by atoms with Gasteiger partial charge in [0.25, 0.3) is 0 Å². The fraction of sp³-hybridized carbons (Fsp3) is 0.286. The van der Waals surface area contributed by atoms with E-state index in [0.29, 0.717) is 11.5 Å². The summed E-state index contributed by atoms with van der Waals surface area (Å²) in [7, 11) is 0. The second-order valence-corrected chi connectivity index (χ2v) is 5.28. The lowest BCUT2D eigenvalue weighted by Crippen LogP contribution is -2.14. The highest BCUT2D eigenvalue weighted by Crippen LogP contribution is 2.16. The van der Waals surface area contributed by atoms with Gasteiger partial charge in [0.15, 0.2) is 0 Å². The molecule has 0 aliphatic heterocycles. The van der Waals surface area contributed by atoms with Crippen molar-refractivity contribution < 1.29 is 9.32 Å². The van der Waals surface area contributed by atoms with Crippen molar-refractivity contribution in [2.75, 3.05) is 11.1 Å². The first-order chi connectivity index (χ1) is 9.15. The van der Waals surface area contributed by atoms with E-state index in [1.54, 1.807) is 0 Å². The molecule has 0 atom stereocenters. The van der Waals surface area contributed by atoms with Gasteiger partial charge in [-0.2, -0.15) is 0 Å². The summed E-state index contributed by atoms with van der Waals surface area (Å²) in [4.78, 5) is 11.8. The summed E-state index contributed by atoms with van der Waals surface area (Å²) < 4.78 is 5.08. The Kier molecular flexibility index (Phi) is 4.63. The number of benzene rings is 1. The van der Waals surface area contributed by atoms with Crippen LogP contribution in [0, 0.1) is 13.8 Å². The summed E-state index contributed by atoms with van der Waals surface area (Å²) in [6, 6.07) is 9.61. The van der Waals surface area contributed by atoms with Gasteiger partial charge in [-0.05, 0) is 25.5 Å². The van der Waals surface area contributed by atoms with Crippen molar-refractivity contribution in [3.8, 4) is 0 Å². The Morgan fingerprint density at radius 1 is 1.37 bits per heavy atom. The van der Waals surface area contributed by atoms with Crippen LogP contribution in [0.5, 0.6) is 0 Å². The summed E-state index contributed by atoms with van der Waals surface area (Å²) in [6.07, 6.45) is 0. The molecule has 0 spiro atoms. The van der Waals surface area contributed by atoms with E-state index in [-0.39, 0.29) is 5.91 Å². The molecule has 0 fully saturated rings. The van der Waals surface area contributed by atoms with E-state index in [0.717, 1.165) is 22.7 Å². The highest BCUT2D eigenvalue weighted by atomic mass is 32.2.